The Morgan fingerprint density at radius 1 is 1.24 bits per heavy atom. The number of carbonyl (C=O) groups excluding carboxylic acids is 2. The number of carbonyl (C=O) groups is 2. The summed E-state index contributed by atoms with van der Waals surface area (Å²) in [7, 11) is 1.53. The summed E-state index contributed by atoms with van der Waals surface area (Å²) in [5.74, 6) is 0.101. The van der Waals surface area contributed by atoms with Gasteiger partial charge >= 0.3 is 0 Å². The molecule has 0 aliphatic carbocycles. The molecule has 130 valence electrons. The third-order valence-corrected chi connectivity index (χ3v) is 4.20. The lowest BCUT2D eigenvalue weighted by molar-refractivity contribution is -0.117. The summed E-state index contributed by atoms with van der Waals surface area (Å²) >= 11 is 0. The van der Waals surface area contributed by atoms with E-state index in [0.717, 1.165) is 12.0 Å². The molecule has 2 amide bonds. The van der Waals surface area contributed by atoms with E-state index in [1.165, 1.54) is 13.2 Å². The summed E-state index contributed by atoms with van der Waals surface area (Å²) in [4.78, 5) is 26.0. The number of aryl methyl sites for hydroxylation is 1. The van der Waals surface area contributed by atoms with Gasteiger partial charge < -0.3 is 20.1 Å². The van der Waals surface area contributed by atoms with Gasteiger partial charge in [0.05, 0.1) is 18.4 Å². The summed E-state index contributed by atoms with van der Waals surface area (Å²) in [5.41, 5.74) is 2.31. The van der Waals surface area contributed by atoms with Gasteiger partial charge in [0.25, 0.3) is 5.91 Å². The van der Waals surface area contributed by atoms with Gasteiger partial charge in [0.1, 0.15) is 11.5 Å². The molecule has 1 fully saturated rings. The van der Waals surface area contributed by atoms with Crippen molar-refractivity contribution in [3.05, 3.63) is 47.5 Å². The first-order chi connectivity index (χ1) is 12.0. The third kappa shape index (κ3) is 3.42. The normalized spacial score (nSPS) is 13.8. The molecule has 0 bridgehead atoms. The van der Waals surface area contributed by atoms with Crippen LogP contribution in [0, 0.1) is 6.92 Å². The van der Waals surface area contributed by atoms with Crippen molar-refractivity contribution >= 4 is 23.2 Å². The van der Waals surface area contributed by atoms with Gasteiger partial charge in [-0.05, 0) is 37.6 Å². The lowest BCUT2D eigenvalue weighted by Gasteiger charge is -2.19. The quantitative estimate of drug-likeness (QED) is 0.896. The van der Waals surface area contributed by atoms with Gasteiger partial charge in [0.2, 0.25) is 5.91 Å². The average Bonchev–Trinajstić information content (AvgIpc) is 3.02. The van der Waals surface area contributed by atoms with Crippen molar-refractivity contribution in [3.8, 4) is 11.5 Å². The Balaban J connectivity index is 1.85. The monoisotopic (exact) mass is 340 g/mol. The van der Waals surface area contributed by atoms with Gasteiger partial charge in [0.15, 0.2) is 0 Å². The van der Waals surface area contributed by atoms with E-state index in [2.05, 4.69) is 5.32 Å². The highest BCUT2D eigenvalue weighted by molar-refractivity contribution is 6.06. The van der Waals surface area contributed by atoms with Gasteiger partial charge in [-0.25, -0.2) is 0 Å². The van der Waals surface area contributed by atoms with Crippen LogP contribution in [-0.4, -0.2) is 30.6 Å². The lowest BCUT2D eigenvalue weighted by atomic mass is 10.1. The average molecular weight is 340 g/mol. The molecule has 1 aliphatic rings. The Hall–Kier alpha value is -3.02. The van der Waals surface area contributed by atoms with E-state index in [-0.39, 0.29) is 17.2 Å². The van der Waals surface area contributed by atoms with Gasteiger partial charge in [-0.1, -0.05) is 11.6 Å². The molecule has 6 nitrogen and oxygen atoms in total. The maximum atomic E-state index is 12.4. The molecule has 3 rings (SSSR count). The van der Waals surface area contributed by atoms with Crippen LogP contribution in [0.5, 0.6) is 11.5 Å². The zero-order valence-corrected chi connectivity index (χ0v) is 14.2. The minimum Gasteiger partial charge on any atom is -0.507 e. The molecule has 2 aromatic carbocycles. The van der Waals surface area contributed by atoms with E-state index in [0.29, 0.717) is 30.1 Å². The largest absolute Gasteiger partial charge is 0.507 e. The van der Waals surface area contributed by atoms with Crippen LogP contribution < -0.4 is 15.0 Å². The van der Waals surface area contributed by atoms with E-state index >= 15 is 0 Å². The zero-order chi connectivity index (χ0) is 18.0. The van der Waals surface area contributed by atoms with Crippen molar-refractivity contribution in [2.45, 2.75) is 19.8 Å². The van der Waals surface area contributed by atoms with Crippen LogP contribution in [0.15, 0.2) is 36.4 Å². The third-order valence-electron chi connectivity index (χ3n) is 4.20. The van der Waals surface area contributed by atoms with Crippen LogP contribution in [-0.2, 0) is 4.79 Å². The molecule has 0 radical (unpaired) electrons. The van der Waals surface area contributed by atoms with Crippen LogP contribution in [0.2, 0.25) is 0 Å². The number of anilines is 2. The van der Waals surface area contributed by atoms with Crippen molar-refractivity contribution in [2.75, 3.05) is 23.9 Å². The van der Waals surface area contributed by atoms with Crippen LogP contribution in [0.1, 0.15) is 28.8 Å². The van der Waals surface area contributed by atoms with Crippen molar-refractivity contribution in [2.24, 2.45) is 0 Å². The van der Waals surface area contributed by atoms with Crippen LogP contribution >= 0.6 is 0 Å². The number of hydrogen-bond acceptors (Lipinski definition) is 4. The van der Waals surface area contributed by atoms with Crippen LogP contribution in [0.25, 0.3) is 0 Å². The fourth-order valence-electron chi connectivity index (χ4n) is 2.91. The van der Waals surface area contributed by atoms with E-state index in [9.17, 15) is 14.7 Å². The number of amides is 2. The summed E-state index contributed by atoms with van der Waals surface area (Å²) in [6.07, 6.45) is 1.36. The molecular formula is C19H20N2O4. The number of methoxy groups -OCH3 is 1. The topological polar surface area (TPSA) is 78.9 Å². The molecule has 0 atom stereocenters. The summed E-state index contributed by atoms with van der Waals surface area (Å²) in [5, 5.41) is 12.6. The number of nitrogens with zero attached hydrogens (tertiary/aromatic N) is 1. The Bertz CT molecular complexity index is 832. The number of hydrogen-bond donors (Lipinski definition) is 2. The molecule has 1 heterocycles. The molecule has 0 aromatic heterocycles. The number of phenols is 1. The van der Waals surface area contributed by atoms with Gasteiger partial charge in [-0.3, -0.25) is 9.59 Å². The molecule has 0 saturated carbocycles. The van der Waals surface area contributed by atoms with Crippen molar-refractivity contribution in [3.63, 3.8) is 0 Å². The molecule has 2 aromatic rings. The highest BCUT2D eigenvalue weighted by atomic mass is 16.5. The molecule has 25 heavy (non-hydrogen) atoms. The summed E-state index contributed by atoms with van der Waals surface area (Å²) < 4.78 is 5.38. The Kier molecular flexibility index (Phi) is 4.61. The fourth-order valence-corrected chi connectivity index (χ4v) is 2.91. The van der Waals surface area contributed by atoms with Crippen molar-refractivity contribution in [1.82, 2.24) is 0 Å². The number of phenolic OH excluding ortho intramolecular Hbond substituents is 1. The molecule has 6 heteroatoms. The van der Waals surface area contributed by atoms with E-state index < -0.39 is 5.91 Å². The first-order valence-electron chi connectivity index (χ1n) is 8.09. The predicted molar refractivity (Wildman–Crippen MR) is 95.4 cm³/mol. The number of rotatable bonds is 4. The first kappa shape index (κ1) is 16.8. The van der Waals surface area contributed by atoms with E-state index in [4.69, 9.17) is 4.74 Å². The summed E-state index contributed by atoms with van der Waals surface area (Å²) in [6.45, 7) is 2.51. The maximum Gasteiger partial charge on any atom is 0.259 e. The van der Waals surface area contributed by atoms with Crippen molar-refractivity contribution < 1.29 is 19.4 Å². The number of nitrogens with one attached hydrogen (secondary N) is 1. The maximum absolute atomic E-state index is 12.4. The second-order valence-corrected chi connectivity index (χ2v) is 6.01. The van der Waals surface area contributed by atoms with Crippen molar-refractivity contribution in [1.29, 1.82) is 0 Å². The highest BCUT2D eigenvalue weighted by Gasteiger charge is 2.24. The minimum absolute atomic E-state index is 0.0692. The number of ether oxygens (including phenoxy) is 1. The first-order valence-corrected chi connectivity index (χ1v) is 8.09. The minimum atomic E-state index is -0.409. The highest BCUT2D eigenvalue weighted by Crippen LogP contribution is 2.34. The van der Waals surface area contributed by atoms with Gasteiger partial charge in [-0.2, -0.15) is 0 Å². The Morgan fingerprint density at radius 2 is 2.04 bits per heavy atom. The lowest BCUT2D eigenvalue weighted by Crippen LogP contribution is -2.24. The molecule has 1 aliphatic heterocycles. The molecule has 2 N–H and O–H groups in total. The predicted octanol–water partition coefficient (Wildman–Crippen LogP) is 3.09. The van der Waals surface area contributed by atoms with Crippen LogP contribution in [0.4, 0.5) is 11.4 Å². The fraction of sp³-hybridized carbons (Fsp3) is 0.263. The number of aromatic hydroxyl groups is 1. The summed E-state index contributed by atoms with van der Waals surface area (Å²) in [6, 6.07) is 10.00. The smallest absolute Gasteiger partial charge is 0.259 e. The van der Waals surface area contributed by atoms with Gasteiger partial charge in [0, 0.05) is 24.7 Å². The SMILES string of the molecule is COc1cc(NC(=O)c2cc(C)ccc2O)ccc1N1CCCC1=O. The molecule has 0 unspecified atom stereocenters. The standard InChI is InChI=1S/C19H20N2O4/c1-12-5-8-16(22)14(10-12)19(24)20-13-6-7-15(17(11-13)25-2)21-9-3-4-18(21)23/h5-8,10-11,22H,3-4,9H2,1-2H3,(H,20,24). The van der Waals surface area contributed by atoms with Gasteiger partial charge in [-0.15, -0.1) is 0 Å². The van der Waals surface area contributed by atoms with E-state index in [1.807, 2.05) is 6.92 Å². The molecule has 0 spiro atoms. The second-order valence-electron chi connectivity index (χ2n) is 6.01. The Morgan fingerprint density at radius 3 is 2.72 bits per heavy atom. The van der Waals surface area contributed by atoms with E-state index in [1.54, 1.807) is 35.2 Å². The zero-order valence-electron chi connectivity index (χ0n) is 14.2. The molecular weight excluding hydrogens is 320 g/mol. The second kappa shape index (κ2) is 6.84. The van der Waals surface area contributed by atoms with Crippen LogP contribution in [0.3, 0.4) is 0 Å². The number of benzene rings is 2. The molecule has 1 saturated heterocycles. The Labute approximate surface area is 146 Å².